The van der Waals surface area contributed by atoms with E-state index in [-0.39, 0.29) is 27.2 Å². The molecule has 0 unspecified atom stereocenters. The van der Waals surface area contributed by atoms with E-state index in [1.807, 2.05) is 0 Å². The van der Waals surface area contributed by atoms with Crippen LogP contribution in [0.2, 0.25) is 10.0 Å². The Hall–Kier alpha value is -1.37. The average molecular weight is 381 g/mol. The Morgan fingerprint density at radius 2 is 2.00 bits per heavy atom. The van der Waals surface area contributed by atoms with Gasteiger partial charge in [-0.2, -0.15) is 0 Å². The minimum atomic E-state index is -1.22. The monoisotopic (exact) mass is 379 g/mol. The second-order valence-corrected chi connectivity index (χ2v) is 5.28. The molecule has 2 rings (SSSR count). The molecule has 1 aromatic heterocycles. The van der Waals surface area contributed by atoms with Gasteiger partial charge in [-0.15, -0.1) is 0 Å². The zero-order valence-corrected chi connectivity index (χ0v) is 12.6. The molecule has 0 saturated heterocycles. The second kappa shape index (κ2) is 5.95. The van der Waals surface area contributed by atoms with E-state index in [1.165, 1.54) is 6.07 Å². The lowest BCUT2D eigenvalue weighted by Gasteiger charge is -2.08. The van der Waals surface area contributed by atoms with Gasteiger partial charge in [0.25, 0.3) is 0 Å². The van der Waals surface area contributed by atoms with Crippen molar-refractivity contribution in [1.82, 2.24) is 4.98 Å². The first-order valence-electron chi connectivity index (χ1n) is 5.09. The molecule has 0 bridgehead atoms. The largest absolute Gasteiger partial charge is 0.478 e. The van der Waals surface area contributed by atoms with E-state index in [4.69, 9.17) is 33.0 Å². The van der Waals surface area contributed by atoms with E-state index in [1.54, 1.807) is 0 Å². The normalized spacial score (nSPS) is 10.4. The Kier molecular flexibility index (Phi) is 4.47. The lowest BCUT2D eigenvalue weighted by Crippen LogP contribution is -1.99. The number of pyridine rings is 1. The zero-order chi connectivity index (χ0) is 14.9. The molecular formula is C12H5BrCl2FNO3. The van der Waals surface area contributed by atoms with E-state index in [0.29, 0.717) is 4.47 Å². The van der Waals surface area contributed by atoms with Crippen LogP contribution in [0.5, 0.6) is 11.6 Å². The lowest BCUT2D eigenvalue weighted by molar-refractivity contribution is 0.0696. The van der Waals surface area contributed by atoms with Crippen LogP contribution in [-0.4, -0.2) is 16.1 Å². The third kappa shape index (κ3) is 3.20. The summed E-state index contributed by atoms with van der Waals surface area (Å²) in [4.78, 5) is 14.8. The first-order chi connectivity index (χ1) is 9.38. The molecule has 0 amide bonds. The van der Waals surface area contributed by atoms with Crippen molar-refractivity contribution >= 4 is 45.1 Å². The standard InChI is InChI=1S/C12H5BrCl2FNO3/c13-6-2-7(14)9(16)3-10(6)20-11-1-5(12(18)19)8(15)4-17-11/h1-4H,(H,18,19). The van der Waals surface area contributed by atoms with Gasteiger partial charge >= 0.3 is 5.97 Å². The quantitative estimate of drug-likeness (QED) is 0.778. The predicted octanol–water partition coefficient (Wildman–Crippen LogP) is 4.78. The summed E-state index contributed by atoms with van der Waals surface area (Å²) in [6.07, 6.45) is 1.14. The topological polar surface area (TPSA) is 59.4 Å². The molecule has 1 heterocycles. The van der Waals surface area contributed by atoms with Crippen molar-refractivity contribution < 1.29 is 19.0 Å². The fourth-order valence-electron chi connectivity index (χ4n) is 1.33. The molecule has 8 heteroatoms. The highest BCUT2D eigenvalue weighted by Gasteiger charge is 2.14. The minimum absolute atomic E-state index is 0.0220. The van der Waals surface area contributed by atoms with Crippen molar-refractivity contribution in [3.63, 3.8) is 0 Å². The molecule has 1 N–H and O–H groups in total. The van der Waals surface area contributed by atoms with Gasteiger partial charge in [-0.25, -0.2) is 14.2 Å². The number of carboxylic acids is 1. The smallest absolute Gasteiger partial charge is 0.337 e. The molecule has 1 aromatic carbocycles. The molecule has 0 aliphatic heterocycles. The van der Waals surface area contributed by atoms with Crippen LogP contribution in [0.25, 0.3) is 0 Å². The van der Waals surface area contributed by atoms with Gasteiger partial charge in [0.05, 0.1) is 26.3 Å². The summed E-state index contributed by atoms with van der Waals surface area (Å²) in [5.41, 5.74) is -0.165. The summed E-state index contributed by atoms with van der Waals surface area (Å²) in [7, 11) is 0. The lowest BCUT2D eigenvalue weighted by atomic mass is 10.2. The molecule has 2 aromatic rings. The maximum absolute atomic E-state index is 13.4. The minimum Gasteiger partial charge on any atom is -0.478 e. The summed E-state index contributed by atoms with van der Waals surface area (Å²) in [5, 5.41) is 8.84. The molecule has 0 aliphatic rings. The molecule has 0 saturated carbocycles. The molecule has 4 nitrogen and oxygen atoms in total. The fourth-order valence-corrected chi connectivity index (χ4v) is 2.24. The molecule has 0 fully saturated rings. The highest BCUT2D eigenvalue weighted by molar-refractivity contribution is 9.10. The maximum atomic E-state index is 13.4. The van der Waals surface area contributed by atoms with Crippen LogP contribution in [0.4, 0.5) is 4.39 Å². The van der Waals surface area contributed by atoms with Gasteiger partial charge in [0.15, 0.2) is 0 Å². The molecular weight excluding hydrogens is 376 g/mol. The summed E-state index contributed by atoms with van der Waals surface area (Å²) in [6, 6.07) is 3.52. The van der Waals surface area contributed by atoms with Gasteiger partial charge < -0.3 is 9.84 Å². The Balaban J connectivity index is 2.38. The zero-order valence-electron chi connectivity index (χ0n) is 9.53. The number of halogens is 4. The number of hydrogen-bond donors (Lipinski definition) is 1. The Morgan fingerprint density at radius 1 is 1.30 bits per heavy atom. The fraction of sp³-hybridized carbons (Fsp3) is 0. The Labute approximate surface area is 131 Å². The summed E-state index contributed by atoms with van der Waals surface area (Å²) < 4.78 is 19.1. The van der Waals surface area contributed by atoms with E-state index in [9.17, 15) is 9.18 Å². The van der Waals surface area contributed by atoms with Crippen molar-refractivity contribution in [2.75, 3.05) is 0 Å². The number of carboxylic acid groups (broad SMARTS) is 1. The maximum Gasteiger partial charge on any atom is 0.337 e. The van der Waals surface area contributed by atoms with E-state index >= 15 is 0 Å². The van der Waals surface area contributed by atoms with Crippen LogP contribution in [0.1, 0.15) is 10.4 Å². The van der Waals surface area contributed by atoms with Gasteiger partial charge in [0, 0.05) is 12.1 Å². The second-order valence-electron chi connectivity index (χ2n) is 3.61. The van der Waals surface area contributed by atoms with Gasteiger partial charge in [0.2, 0.25) is 5.88 Å². The van der Waals surface area contributed by atoms with Crippen molar-refractivity contribution in [2.45, 2.75) is 0 Å². The van der Waals surface area contributed by atoms with Gasteiger partial charge in [-0.3, -0.25) is 0 Å². The first kappa shape index (κ1) is 15.0. The number of aromatic nitrogens is 1. The highest BCUT2D eigenvalue weighted by Crippen LogP contribution is 2.33. The third-order valence-corrected chi connectivity index (χ3v) is 3.46. The van der Waals surface area contributed by atoms with Crippen LogP contribution in [-0.2, 0) is 0 Å². The molecule has 0 atom stereocenters. The third-order valence-electron chi connectivity index (χ3n) is 2.25. The number of nitrogens with zero attached hydrogens (tertiary/aromatic N) is 1. The first-order valence-corrected chi connectivity index (χ1v) is 6.64. The number of benzene rings is 1. The van der Waals surface area contributed by atoms with Crippen LogP contribution in [0.15, 0.2) is 28.9 Å². The van der Waals surface area contributed by atoms with Crippen LogP contribution >= 0.6 is 39.1 Å². The predicted molar refractivity (Wildman–Crippen MR) is 75.4 cm³/mol. The summed E-state index contributed by atoms with van der Waals surface area (Å²) in [5.74, 6) is -1.81. The summed E-state index contributed by atoms with van der Waals surface area (Å²) in [6.45, 7) is 0. The number of rotatable bonds is 3. The van der Waals surface area contributed by atoms with Crippen molar-refractivity contribution in [2.24, 2.45) is 0 Å². The summed E-state index contributed by atoms with van der Waals surface area (Å²) >= 11 is 14.4. The van der Waals surface area contributed by atoms with Crippen LogP contribution < -0.4 is 4.74 Å². The Bertz CT molecular complexity index is 697. The number of hydrogen-bond acceptors (Lipinski definition) is 3. The molecule has 104 valence electrons. The van der Waals surface area contributed by atoms with E-state index < -0.39 is 11.8 Å². The van der Waals surface area contributed by atoms with Gasteiger partial charge in [0.1, 0.15) is 11.6 Å². The van der Waals surface area contributed by atoms with Gasteiger partial charge in [-0.05, 0) is 22.0 Å². The Morgan fingerprint density at radius 3 is 2.65 bits per heavy atom. The van der Waals surface area contributed by atoms with E-state index in [2.05, 4.69) is 20.9 Å². The van der Waals surface area contributed by atoms with Crippen molar-refractivity contribution in [3.05, 3.63) is 50.3 Å². The van der Waals surface area contributed by atoms with Crippen LogP contribution in [0, 0.1) is 5.82 Å². The SMILES string of the molecule is O=C(O)c1cc(Oc2cc(F)c(Cl)cc2Br)ncc1Cl. The van der Waals surface area contributed by atoms with Crippen molar-refractivity contribution in [1.29, 1.82) is 0 Å². The number of carbonyl (C=O) groups is 1. The number of ether oxygens (including phenoxy) is 1. The highest BCUT2D eigenvalue weighted by atomic mass is 79.9. The number of aromatic carboxylic acids is 1. The average Bonchev–Trinajstić information content (AvgIpc) is 2.37. The molecule has 0 radical (unpaired) electrons. The van der Waals surface area contributed by atoms with Crippen LogP contribution in [0.3, 0.4) is 0 Å². The van der Waals surface area contributed by atoms with Crippen molar-refractivity contribution in [3.8, 4) is 11.6 Å². The van der Waals surface area contributed by atoms with Gasteiger partial charge in [-0.1, -0.05) is 23.2 Å². The molecule has 0 aliphatic carbocycles. The molecule has 20 heavy (non-hydrogen) atoms. The molecule has 0 spiro atoms. The van der Waals surface area contributed by atoms with E-state index in [0.717, 1.165) is 18.3 Å².